The Hall–Kier alpha value is -3.52. The van der Waals surface area contributed by atoms with Crippen LogP contribution < -0.4 is 15.0 Å². The normalized spacial score (nSPS) is 12.5. The zero-order valence-corrected chi connectivity index (χ0v) is 15.3. The molecule has 2 aromatic carbocycles. The van der Waals surface area contributed by atoms with Crippen LogP contribution in [-0.2, 0) is 0 Å². The molecule has 1 aliphatic heterocycles. The number of halogens is 3. The summed E-state index contributed by atoms with van der Waals surface area (Å²) in [6.07, 6.45) is 1.45. The highest BCUT2D eigenvalue weighted by atomic mass is 35.5. The monoisotopic (exact) mass is 413 g/mol. The molecule has 0 N–H and O–H groups in total. The van der Waals surface area contributed by atoms with Gasteiger partial charge >= 0.3 is 0 Å². The molecule has 9 heteroatoms. The van der Waals surface area contributed by atoms with E-state index in [0.717, 1.165) is 4.68 Å². The van der Waals surface area contributed by atoms with E-state index in [4.69, 9.17) is 21.1 Å². The number of fused-ring (bicyclic) bond motifs is 2. The molecular formula is C20H10ClF2N3O3. The van der Waals surface area contributed by atoms with Crippen molar-refractivity contribution >= 4 is 22.5 Å². The first-order chi connectivity index (χ1) is 14.0. The van der Waals surface area contributed by atoms with E-state index in [1.54, 1.807) is 36.4 Å². The second-order valence-corrected chi connectivity index (χ2v) is 6.66. The second kappa shape index (κ2) is 6.52. The Kier molecular flexibility index (Phi) is 3.95. The lowest BCUT2D eigenvalue weighted by Crippen LogP contribution is -2.22. The van der Waals surface area contributed by atoms with Crippen molar-refractivity contribution in [1.29, 1.82) is 0 Å². The molecule has 2 aromatic heterocycles. The predicted octanol–water partition coefficient (Wildman–Crippen LogP) is 4.11. The van der Waals surface area contributed by atoms with Gasteiger partial charge in [-0.1, -0.05) is 11.6 Å². The van der Waals surface area contributed by atoms with E-state index in [1.807, 2.05) is 0 Å². The Morgan fingerprint density at radius 3 is 2.66 bits per heavy atom. The smallest absolute Gasteiger partial charge is 0.280 e. The second-order valence-electron chi connectivity index (χ2n) is 6.23. The van der Waals surface area contributed by atoms with Gasteiger partial charge in [0, 0.05) is 16.8 Å². The number of benzene rings is 2. The summed E-state index contributed by atoms with van der Waals surface area (Å²) in [5.41, 5.74) is -0.114. The summed E-state index contributed by atoms with van der Waals surface area (Å²) in [5.74, 6) is -2.61. The van der Waals surface area contributed by atoms with Crippen molar-refractivity contribution in [3.63, 3.8) is 0 Å². The molecule has 144 valence electrons. The number of hydrogen-bond donors (Lipinski definition) is 0. The summed E-state index contributed by atoms with van der Waals surface area (Å²) >= 11 is 5.92. The summed E-state index contributed by atoms with van der Waals surface area (Å²) in [6.45, 7) is -0.216. The molecule has 0 bridgehead atoms. The highest BCUT2D eigenvalue weighted by molar-refractivity contribution is 6.30. The van der Waals surface area contributed by atoms with Gasteiger partial charge < -0.3 is 9.47 Å². The first-order valence-electron chi connectivity index (χ1n) is 8.46. The number of pyridine rings is 1. The van der Waals surface area contributed by atoms with E-state index in [1.165, 1.54) is 12.3 Å². The Morgan fingerprint density at radius 2 is 1.86 bits per heavy atom. The lowest BCUT2D eigenvalue weighted by molar-refractivity contribution is 0.170. The van der Waals surface area contributed by atoms with Crippen LogP contribution >= 0.6 is 11.6 Å². The SMILES string of the molecule is O=c1c2cccnc2c(-c2cc3c(c(F)c2F)OCO3)nn1-c1ccc(Cl)cc1. The number of ether oxygens (including phenoxy) is 2. The predicted molar refractivity (Wildman–Crippen MR) is 102 cm³/mol. The largest absolute Gasteiger partial charge is 0.453 e. The maximum Gasteiger partial charge on any atom is 0.280 e. The van der Waals surface area contributed by atoms with E-state index in [9.17, 15) is 13.6 Å². The third-order valence-electron chi connectivity index (χ3n) is 4.53. The van der Waals surface area contributed by atoms with Crippen LogP contribution in [0, 0.1) is 11.6 Å². The van der Waals surface area contributed by atoms with Gasteiger partial charge in [0.1, 0.15) is 11.2 Å². The molecule has 0 saturated heterocycles. The molecule has 0 amide bonds. The van der Waals surface area contributed by atoms with Crippen LogP contribution in [0.4, 0.5) is 8.78 Å². The molecule has 5 rings (SSSR count). The first-order valence-corrected chi connectivity index (χ1v) is 8.84. The molecule has 4 aromatic rings. The average molecular weight is 414 g/mol. The molecule has 0 radical (unpaired) electrons. The Balaban J connectivity index is 1.85. The van der Waals surface area contributed by atoms with E-state index < -0.39 is 17.2 Å². The Labute approximate surface area is 166 Å². The van der Waals surface area contributed by atoms with Crippen LogP contribution in [-0.4, -0.2) is 21.6 Å². The third-order valence-corrected chi connectivity index (χ3v) is 4.78. The standard InChI is InChI=1S/C20H10ClF2N3O3/c21-10-3-5-11(6-4-10)26-20(27)12-2-1-7-24-17(12)18(25-26)13-8-14-19(29-9-28-14)16(23)15(13)22/h1-8H,9H2. The van der Waals surface area contributed by atoms with Crippen LogP contribution in [0.15, 0.2) is 53.5 Å². The number of rotatable bonds is 2. The minimum absolute atomic E-state index is 0.00940. The minimum atomic E-state index is -1.19. The number of aromatic nitrogens is 3. The molecule has 0 saturated carbocycles. The van der Waals surface area contributed by atoms with Crippen LogP contribution in [0.2, 0.25) is 5.02 Å². The first kappa shape index (κ1) is 17.6. The van der Waals surface area contributed by atoms with Crippen molar-refractivity contribution in [3.05, 3.63) is 75.7 Å². The molecule has 0 aliphatic carbocycles. The van der Waals surface area contributed by atoms with Crippen molar-refractivity contribution in [2.24, 2.45) is 0 Å². The van der Waals surface area contributed by atoms with E-state index in [0.29, 0.717) is 10.7 Å². The number of nitrogens with zero attached hydrogens (tertiary/aromatic N) is 3. The van der Waals surface area contributed by atoms with Gasteiger partial charge in [-0.25, -0.2) is 4.39 Å². The highest BCUT2D eigenvalue weighted by Gasteiger charge is 2.28. The zero-order valence-electron chi connectivity index (χ0n) is 14.5. The van der Waals surface area contributed by atoms with Crippen molar-refractivity contribution in [1.82, 2.24) is 14.8 Å². The van der Waals surface area contributed by atoms with Crippen LogP contribution in [0.3, 0.4) is 0 Å². The summed E-state index contributed by atoms with van der Waals surface area (Å²) in [4.78, 5) is 17.1. The topological polar surface area (TPSA) is 66.2 Å². The average Bonchev–Trinajstić information content (AvgIpc) is 3.21. The highest BCUT2D eigenvalue weighted by Crippen LogP contribution is 2.41. The maximum atomic E-state index is 14.9. The van der Waals surface area contributed by atoms with Gasteiger partial charge in [0.15, 0.2) is 11.6 Å². The Morgan fingerprint density at radius 1 is 1.07 bits per heavy atom. The van der Waals surface area contributed by atoms with Gasteiger partial charge in [0.2, 0.25) is 18.4 Å². The quantitative estimate of drug-likeness (QED) is 0.495. The molecule has 0 spiro atoms. The summed E-state index contributed by atoms with van der Waals surface area (Å²) in [7, 11) is 0. The zero-order chi connectivity index (χ0) is 20.1. The minimum Gasteiger partial charge on any atom is -0.453 e. The molecule has 6 nitrogen and oxygen atoms in total. The maximum absolute atomic E-state index is 14.9. The molecule has 0 atom stereocenters. The number of hydrogen-bond acceptors (Lipinski definition) is 5. The lowest BCUT2D eigenvalue weighted by Gasteiger charge is -2.12. The van der Waals surface area contributed by atoms with Crippen molar-refractivity contribution in [2.75, 3.05) is 6.79 Å². The molecule has 0 unspecified atom stereocenters. The van der Waals surface area contributed by atoms with Gasteiger partial charge in [-0.05, 0) is 42.5 Å². The molecule has 0 fully saturated rings. The molecule has 3 heterocycles. The van der Waals surface area contributed by atoms with Crippen molar-refractivity contribution < 1.29 is 18.3 Å². The lowest BCUT2D eigenvalue weighted by atomic mass is 10.1. The fourth-order valence-electron chi connectivity index (χ4n) is 3.16. The van der Waals surface area contributed by atoms with Crippen LogP contribution in [0.1, 0.15) is 0 Å². The van der Waals surface area contributed by atoms with Gasteiger partial charge in [0.25, 0.3) is 5.56 Å². The van der Waals surface area contributed by atoms with E-state index in [2.05, 4.69) is 10.1 Å². The van der Waals surface area contributed by atoms with Gasteiger partial charge in [-0.2, -0.15) is 14.2 Å². The fraction of sp³-hybridized carbons (Fsp3) is 0.0500. The Bertz CT molecular complexity index is 1340. The van der Waals surface area contributed by atoms with E-state index in [-0.39, 0.29) is 40.5 Å². The van der Waals surface area contributed by atoms with Crippen LogP contribution in [0.25, 0.3) is 27.8 Å². The van der Waals surface area contributed by atoms with E-state index >= 15 is 0 Å². The van der Waals surface area contributed by atoms with Gasteiger partial charge in [0.05, 0.1) is 11.1 Å². The molecule has 1 aliphatic rings. The van der Waals surface area contributed by atoms with Crippen molar-refractivity contribution in [2.45, 2.75) is 0 Å². The summed E-state index contributed by atoms with van der Waals surface area (Å²) in [6, 6.07) is 10.8. The molecule has 29 heavy (non-hydrogen) atoms. The third kappa shape index (κ3) is 2.72. The summed E-state index contributed by atoms with van der Waals surface area (Å²) in [5, 5.41) is 4.97. The summed E-state index contributed by atoms with van der Waals surface area (Å²) < 4.78 is 40.6. The van der Waals surface area contributed by atoms with Crippen molar-refractivity contribution in [3.8, 4) is 28.4 Å². The van der Waals surface area contributed by atoms with Crippen LogP contribution in [0.5, 0.6) is 11.5 Å². The van der Waals surface area contributed by atoms with Gasteiger partial charge in [-0.3, -0.25) is 9.78 Å². The fourth-order valence-corrected chi connectivity index (χ4v) is 3.29. The molecular weight excluding hydrogens is 404 g/mol. The van der Waals surface area contributed by atoms with Gasteiger partial charge in [-0.15, -0.1) is 0 Å².